The average Bonchev–Trinajstić information content (AvgIpc) is 3.11. The quantitative estimate of drug-likeness (QED) is 0.726. The molecule has 0 aliphatic heterocycles. The minimum Gasteiger partial charge on any atom is -0.310 e. The van der Waals surface area contributed by atoms with Gasteiger partial charge in [-0.3, -0.25) is 0 Å². The molecular weight excluding hydrogens is 226 g/mol. The molecule has 1 unspecified atom stereocenters. The maximum absolute atomic E-state index is 3.57. The molecule has 17 heavy (non-hydrogen) atoms. The molecule has 0 heterocycles. The third-order valence-electron chi connectivity index (χ3n) is 3.10. The largest absolute Gasteiger partial charge is 0.310 e. The predicted octanol–water partition coefficient (Wildman–Crippen LogP) is 4.22. The van der Waals surface area contributed by atoms with Crippen LogP contribution in [-0.4, -0.2) is 11.3 Å². The Hall–Kier alpha value is -0.470. The van der Waals surface area contributed by atoms with Crippen LogP contribution in [0.3, 0.4) is 0 Å². The molecule has 0 saturated heterocycles. The van der Waals surface area contributed by atoms with Gasteiger partial charge in [-0.1, -0.05) is 32.4 Å². The van der Waals surface area contributed by atoms with Crippen LogP contribution in [0.5, 0.6) is 0 Å². The molecule has 1 saturated carbocycles. The lowest BCUT2D eigenvalue weighted by Crippen LogP contribution is -2.15. The molecule has 0 radical (unpaired) electrons. The monoisotopic (exact) mass is 249 g/mol. The molecule has 0 bridgehead atoms. The third kappa shape index (κ3) is 4.72. The van der Waals surface area contributed by atoms with Crippen molar-refractivity contribution in [2.45, 2.75) is 62.3 Å². The van der Waals surface area contributed by atoms with E-state index in [1.807, 2.05) is 11.8 Å². The zero-order chi connectivity index (χ0) is 12.1. The van der Waals surface area contributed by atoms with Crippen LogP contribution in [-0.2, 0) is 6.54 Å². The Balaban J connectivity index is 1.85. The van der Waals surface area contributed by atoms with E-state index in [1.54, 1.807) is 0 Å². The Morgan fingerprint density at radius 2 is 2.24 bits per heavy atom. The SMILES string of the molecule is CCCC(C)Sc1cccc(CNC2CC2)c1. The first-order chi connectivity index (χ1) is 8.28. The molecule has 0 spiro atoms. The van der Waals surface area contributed by atoms with Crippen molar-refractivity contribution in [3.05, 3.63) is 29.8 Å². The summed E-state index contributed by atoms with van der Waals surface area (Å²) in [5.74, 6) is 0. The summed E-state index contributed by atoms with van der Waals surface area (Å²) in [6.45, 7) is 5.61. The fraction of sp³-hybridized carbons (Fsp3) is 0.600. The van der Waals surface area contributed by atoms with Gasteiger partial charge >= 0.3 is 0 Å². The van der Waals surface area contributed by atoms with Crippen molar-refractivity contribution >= 4 is 11.8 Å². The molecule has 1 aromatic carbocycles. The van der Waals surface area contributed by atoms with Gasteiger partial charge in [0, 0.05) is 22.7 Å². The molecule has 2 heteroatoms. The summed E-state index contributed by atoms with van der Waals surface area (Å²) in [7, 11) is 0. The molecule has 1 aliphatic rings. The maximum atomic E-state index is 3.57. The predicted molar refractivity (Wildman–Crippen MR) is 76.5 cm³/mol. The van der Waals surface area contributed by atoms with Crippen molar-refractivity contribution in [3.63, 3.8) is 0 Å². The fourth-order valence-corrected chi connectivity index (χ4v) is 3.17. The van der Waals surface area contributed by atoms with Gasteiger partial charge < -0.3 is 5.32 Å². The number of rotatable bonds is 7. The fourth-order valence-electron chi connectivity index (χ4n) is 1.98. The van der Waals surface area contributed by atoms with Gasteiger partial charge in [0.1, 0.15) is 0 Å². The lowest BCUT2D eigenvalue weighted by atomic mass is 10.2. The molecule has 1 aromatic rings. The summed E-state index contributed by atoms with van der Waals surface area (Å²) < 4.78 is 0. The number of thioether (sulfide) groups is 1. The lowest BCUT2D eigenvalue weighted by Gasteiger charge is -2.11. The summed E-state index contributed by atoms with van der Waals surface area (Å²) in [6, 6.07) is 9.78. The van der Waals surface area contributed by atoms with E-state index in [2.05, 4.69) is 43.4 Å². The Morgan fingerprint density at radius 3 is 2.94 bits per heavy atom. The van der Waals surface area contributed by atoms with Crippen molar-refractivity contribution in [1.82, 2.24) is 5.32 Å². The van der Waals surface area contributed by atoms with E-state index >= 15 is 0 Å². The van der Waals surface area contributed by atoms with E-state index in [1.165, 1.54) is 36.1 Å². The van der Waals surface area contributed by atoms with E-state index in [-0.39, 0.29) is 0 Å². The van der Waals surface area contributed by atoms with Crippen LogP contribution in [0.25, 0.3) is 0 Å². The standard InChI is InChI=1S/C15H23NS/c1-3-5-12(2)17-15-7-4-6-13(10-15)11-16-14-8-9-14/h4,6-7,10,12,14,16H,3,5,8-9,11H2,1-2H3. The van der Waals surface area contributed by atoms with E-state index in [0.29, 0.717) is 0 Å². The van der Waals surface area contributed by atoms with Crippen LogP contribution in [0.4, 0.5) is 0 Å². The summed E-state index contributed by atoms with van der Waals surface area (Å²) >= 11 is 2.00. The van der Waals surface area contributed by atoms with Crippen molar-refractivity contribution in [3.8, 4) is 0 Å². The smallest absolute Gasteiger partial charge is 0.0208 e. The highest BCUT2D eigenvalue weighted by atomic mass is 32.2. The Bertz CT molecular complexity index is 347. The number of nitrogens with one attached hydrogen (secondary N) is 1. The molecule has 1 N–H and O–H groups in total. The normalized spacial score (nSPS) is 17.1. The molecular formula is C15H23NS. The van der Waals surface area contributed by atoms with Gasteiger partial charge in [-0.25, -0.2) is 0 Å². The molecule has 1 nitrogen and oxygen atoms in total. The third-order valence-corrected chi connectivity index (χ3v) is 4.27. The number of hydrogen-bond donors (Lipinski definition) is 1. The minimum atomic E-state index is 0.728. The topological polar surface area (TPSA) is 12.0 Å². The lowest BCUT2D eigenvalue weighted by molar-refractivity contribution is 0.687. The van der Waals surface area contributed by atoms with E-state index in [9.17, 15) is 0 Å². The Labute approximate surface area is 109 Å². The first-order valence-corrected chi connectivity index (χ1v) is 7.65. The zero-order valence-electron chi connectivity index (χ0n) is 10.9. The maximum Gasteiger partial charge on any atom is 0.0208 e. The summed E-state index contributed by atoms with van der Waals surface area (Å²) in [4.78, 5) is 1.42. The first-order valence-electron chi connectivity index (χ1n) is 6.77. The van der Waals surface area contributed by atoms with E-state index < -0.39 is 0 Å². The van der Waals surface area contributed by atoms with Gasteiger partial charge in [-0.15, -0.1) is 11.8 Å². The summed E-state index contributed by atoms with van der Waals surface area (Å²) in [6.07, 6.45) is 5.30. The van der Waals surface area contributed by atoms with Crippen LogP contribution in [0.15, 0.2) is 29.2 Å². The van der Waals surface area contributed by atoms with Crippen molar-refractivity contribution in [2.24, 2.45) is 0 Å². The van der Waals surface area contributed by atoms with Gasteiger partial charge in [-0.05, 0) is 37.0 Å². The highest BCUT2D eigenvalue weighted by Gasteiger charge is 2.19. The second kappa shape index (κ2) is 6.46. The van der Waals surface area contributed by atoms with Gasteiger partial charge in [0.25, 0.3) is 0 Å². The van der Waals surface area contributed by atoms with Crippen LogP contribution >= 0.6 is 11.8 Å². The van der Waals surface area contributed by atoms with Gasteiger partial charge in [-0.2, -0.15) is 0 Å². The highest BCUT2D eigenvalue weighted by molar-refractivity contribution is 7.99. The summed E-state index contributed by atoms with van der Waals surface area (Å²) in [5.41, 5.74) is 1.42. The number of benzene rings is 1. The molecule has 1 fully saturated rings. The van der Waals surface area contributed by atoms with Crippen molar-refractivity contribution < 1.29 is 0 Å². The molecule has 94 valence electrons. The summed E-state index contributed by atoms with van der Waals surface area (Å²) in [5, 5.41) is 4.30. The second-order valence-electron chi connectivity index (χ2n) is 5.02. The van der Waals surface area contributed by atoms with E-state index in [0.717, 1.165) is 17.8 Å². The minimum absolute atomic E-state index is 0.728. The molecule has 1 aliphatic carbocycles. The molecule has 0 aromatic heterocycles. The first kappa shape index (κ1) is 13.0. The van der Waals surface area contributed by atoms with Crippen molar-refractivity contribution in [2.75, 3.05) is 0 Å². The number of hydrogen-bond acceptors (Lipinski definition) is 2. The Morgan fingerprint density at radius 1 is 1.41 bits per heavy atom. The van der Waals surface area contributed by atoms with Crippen molar-refractivity contribution in [1.29, 1.82) is 0 Å². The van der Waals surface area contributed by atoms with Crippen LogP contribution in [0.2, 0.25) is 0 Å². The Kier molecular flexibility index (Phi) is 4.93. The zero-order valence-corrected chi connectivity index (χ0v) is 11.7. The molecule has 2 rings (SSSR count). The van der Waals surface area contributed by atoms with Gasteiger partial charge in [0.15, 0.2) is 0 Å². The second-order valence-corrected chi connectivity index (χ2v) is 6.53. The van der Waals surface area contributed by atoms with Gasteiger partial charge in [0.05, 0.1) is 0 Å². The average molecular weight is 249 g/mol. The van der Waals surface area contributed by atoms with Crippen LogP contribution in [0.1, 0.15) is 45.1 Å². The van der Waals surface area contributed by atoms with E-state index in [4.69, 9.17) is 0 Å². The highest BCUT2D eigenvalue weighted by Crippen LogP contribution is 2.27. The molecule has 0 amide bonds. The molecule has 1 atom stereocenters. The van der Waals surface area contributed by atoms with Crippen LogP contribution < -0.4 is 5.32 Å². The van der Waals surface area contributed by atoms with Crippen LogP contribution in [0, 0.1) is 0 Å². The van der Waals surface area contributed by atoms with Gasteiger partial charge in [0.2, 0.25) is 0 Å².